The molecule has 3 atom stereocenters. The summed E-state index contributed by atoms with van der Waals surface area (Å²) in [6, 6.07) is 14.7. The highest BCUT2D eigenvalue weighted by atomic mass is 16.5. The van der Waals surface area contributed by atoms with Gasteiger partial charge in [0.25, 0.3) is 0 Å². The first-order valence-corrected chi connectivity index (χ1v) is 9.26. The van der Waals surface area contributed by atoms with Crippen molar-refractivity contribution in [3.8, 4) is 11.5 Å². The summed E-state index contributed by atoms with van der Waals surface area (Å²) < 4.78 is 11.9. The van der Waals surface area contributed by atoms with Crippen molar-refractivity contribution >= 4 is 5.69 Å². The number of rotatable bonds is 2. The molecule has 5 rings (SSSR count). The fourth-order valence-corrected chi connectivity index (χ4v) is 4.80. The number of aliphatic hydroxyl groups excluding tert-OH is 1. The average molecular weight is 349 g/mol. The lowest BCUT2D eigenvalue weighted by Crippen LogP contribution is -2.43. The van der Waals surface area contributed by atoms with Gasteiger partial charge in [-0.3, -0.25) is 0 Å². The molecule has 2 aromatic carbocycles. The van der Waals surface area contributed by atoms with Crippen molar-refractivity contribution in [1.82, 2.24) is 0 Å². The van der Waals surface area contributed by atoms with E-state index in [0.29, 0.717) is 6.42 Å². The molecule has 0 bridgehead atoms. The van der Waals surface area contributed by atoms with Crippen LogP contribution in [0.2, 0.25) is 0 Å². The smallest absolute Gasteiger partial charge is 0.166 e. The van der Waals surface area contributed by atoms with Crippen LogP contribution in [0.4, 0.5) is 5.69 Å². The normalized spacial score (nSPS) is 28.8. The van der Waals surface area contributed by atoms with E-state index in [9.17, 15) is 5.11 Å². The molecule has 0 aromatic heterocycles. The third kappa shape index (κ3) is 2.18. The lowest BCUT2D eigenvalue weighted by molar-refractivity contribution is 0.0856. The Labute approximate surface area is 153 Å². The molecule has 2 heterocycles. The average Bonchev–Trinajstić information content (AvgIpc) is 2.90. The molecule has 2 unspecified atom stereocenters. The Kier molecular flexibility index (Phi) is 3.50. The van der Waals surface area contributed by atoms with Gasteiger partial charge >= 0.3 is 0 Å². The van der Waals surface area contributed by atoms with Gasteiger partial charge in [-0.05, 0) is 30.2 Å². The van der Waals surface area contributed by atoms with E-state index in [4.69, 9.17) is 9.47 Å². The zero-order valence-corrected chi connectivity index (χ0v) is 14.9. The number of para-hydroxylation sites is 1. The van der Waals surface area contributed by atoms with Crippen molar-refractivity contribution in [2.24, 2.45) is 0 Å². The first kappa shape index (κ1) is 15.8. The molecule has 1 N–H and O–H groups in total. The number of hydrogen-bond acceptors (Lipinski definition) is 4. The minimum Gasteiger partial charge on any atom is -0.493 e. The summed E-state index contributed by atoms with van der Waals surface area (Å²) in [7, 11) is 1.69. The van der Waals surface area contributed by atoms with E-state index >= 15 is 0 Å². The maximum Gasteiger partial charge on any atom is 0.166 e. The van der Waals surface area contributed by atoms with Crippen LogP contribution in [-0.2, 0) is 12.0 Å². The number of nitrogens with zero attached hydrogens (tertiary/aromatic N) is 1. The molecular formula is C22H23NO3. The summed E-state index contributed by atoms with van der Waals surface area (Å²) in [6.07, 6.45) is 5.24. The van der Waals surface area contributed by atoms with E-state index in [1.807, 2.05) is 12.1 Å². The molecule has 0 saturated carbocycles. The molecule has 2 aromatic rings. The fraction of sp³-hybridized carbons (Fsp3) is 0.364. The third-order valence-electron chi connectivity index (χ3n) is 6.08. The molecule has 4 heteroatoms. The van der Waals surface area contributed by atoms with Crippen LogP contribution in [0.25, 0.3) is 0 Å². The molecule has 2 aliphatic heterocycles. The number of hydrogen-bond donors (Lipinski definition) is 1. The highest BCUT2D eigenvalue weighted by Gasteiger charge is 2.52. The number of methoxy groups -OCH3 is 1. The lowest BCUT2D eigenvalue weighted by Gasteiger charge is -2.36. The van der Waals surface area contributed by atoms with Crippen LogP contribution < -0.4 is 14.4 Å². The van der Waals surface area contributed by atoms with Crippen molar-refractivity contribution in [2.45, 2.75) is 37.0 Å². The van der Waals surface area contributed by atoms with Crippen LogP contribution in [0.3, 0.4) is 0 Å². The highest BCUT2D eigenvalue weighted by Crippen LogP contribution is 2.55. The topological polar surface area (TPSA) is 41.9 Å². The monoisotopic (exact) mass is 349 g/mol. The molecule has 0 fully saturated rings. The van der Waals surface area contributed by atoms with Crippen LogP contribution in [0.5, 0.6) is 11.5 Å². The Morgan fingerprint density at radius 2 is 2.04 bits per heavy atom. The Morgan fingerprint density at radius 3 is 2.85 bits per heavy atom. The Bertz CT molecular complexity index is 863. The fourth-order valence-electron chi connectivity index (χ4n) is 4.80. The summed E-state index contributed by atoms with van der Waals surface area (Å²) in [4.78, 5) is 2.44. The van der Waals surface area contributed by atoms with Gasteiger partial charge in [0.2, 0.25) is 0 Å². The van der Waals surface area contributed by atoms with Crippen molar-refractivity contribution in [3.63, 3.8) is 0 Å². The predicted octanol–water partition coefficient (Wildman–Crippen LogP) is 3.43. The van der Waals surface area contributed by atoms with Crippen LogP contribution in [0, 0.1) is 0 Å². The molecule has 0 radical (unpaired) electrons. The Balaban J connectivity index is 1.66. The van der Waals surface area contributed by atoms with Crippen LogP contribution >= 0.6 is 0 Å². The summed E-state index contributed by atoms with van der Waals surface area (Å²) in [5, 5.41) is 10.2. The molecule has 0 saturated heterocycles. The van der Waals surface area contributed by atoms with Gasteiger partial charge in [-0.15, -0.1) is 0 Å². The van der Waals surface area contributed by atoms with Crippen LogP contribution in [0.1, 0.15) is 24.0 Å². The lowest BCUT2D eigenvalue weighted by atomic mass is 9.69. The molecule has 134 valence electrons. The minimum atomic E-state index is -0.442. The number of anilines is 1. The SMILES string of the molecule is COc1ccc2c3c1OC1C[C@@H](O)C=CC31CCN(c1ccccc1)C2. The van der Waals surface area contributed by atoms with Gasteiger partial charge in [-0.25, -0.2) is 0 Å². The molecule has 1 spiro atoms. The molecule has 1 aliphatic carbocycles. The van der Waals surface area contributed by atoms with Gasteiger partial charge in [0.15, 0.2) is 11.5 Å². The van der Waals surface area contributed by atoms with Gasteiger partial charge in [0.1, 0.15) is 6.10 Å². The highest BCUT2D eigenvalue weighted by molar-refractivity contribution is 5.62. The Hall–Kier alpha value is -2.46. The zero-order chi connectivity index (χ0) is 17.7. The van der Waals surface area contributed by atoms with Crippen molar-refractivity contribution in [3.05, 3.63) is 65.7 Å². The minimum absolute atomic E-state index is 0.0386. The van der Waals surface area contributed by atoms with E-state index in [0.717, 1.165) is 31.0 Å². The summed E-state index contributed by atoms with van der Waals surface area (Å²) in [5.74, 6) is 1.65. The molecular weight excluding hydrogens is 326 g/mol. The van der Waals surface area contributed by atoms with Crippen molar-refractivity contribution in [2.75, 3.05) is 18.6 Å². The second kappa shape index (κ2) is 5.78. The second-order valence-electron chi connectivity index (χ2n) is 7.45. The number of aliphatic hydroxyl groups is 1. The molecule has 4 nitrogen and oxygen atoms in total. The maximum atomic E-state index is 10.2. The van der Waals surface area contributed by atoms with E-state index in [2.05, 4.69) is 47.4 Å². The zero-order valence-electron chi connectivity index (χ0n) is 14.9. The first-order chi connectivity index (χ1) is 12.7. The Morgan fingerprint density at radius 1 is 1.19 bits per heavy atom. The van der Waals surface area contributed by atoms with Gasteiger partial charge in [0.05, 0.1) is 18.6 Å². The van der Waals surface area contributed by atoms with E-state index < -0.39 is 6.10 Å². The second-order valence-corrected chi connectivity index (χ2v) is 7.45. The van der Waals surface area contributed by atoms with Gasteiger partial charge in [0, 0.05) is 30.8 Å². The predicted molar refractivity (Wildman–Crippen MR) is 101 cm³/mol. The maximum absolute atomic E-state index is 10.2. The summed E-state index contributed by atoms with van der Waals surface area (Å²) in [6.45, 7) is 1.80. The van der Waals surface area contributed by atoms with E-state index in [-0.39, 0.29) is 11.5 Å². The van der Waals surface area contributed by atoms with Crippen molar-refractivity contribution in [1.29, 1.82) is 0 Å². The summed E-state index contributed by atoms with van der Waals surface area (Å²) in [5.41, 5.74) is 3.60. The van der Waals surface area contributed by atoms with Gasteiger partial charge in [-0.2, -0.15) is 0 Å². The first-order valence-electron chi connectivity index (χ1n) is 9.26. The molecule has 26 heavy (non-hydrogen) atoms. The van der Waals surface area contributed by atoms with E-state index in [1.54, 1.807) is 7.11 Å². The quantitative estimate of drug-likeness (QED) is 0.844. The summed E-state index contributed by atoms with van der Waals surface area (Å²) >= 11 is 0. The largest absolute Gasteiger partial charge is 0.493 e. The van der Waals surface area contributed by atoms with Crippen LogP contribution in [0.15, 0.2) is 54.6 Å². The van der Waals surface area contributed by atoms with E-state index in [1.165, 1.54) is 16.8 Å². The van der Waals surface area contributed by atoms with Crippen LogP contribution in [-0.4, -0.2) is 31.0 Å². The van der Waals surface area contributed by atoms with Gasteiger partial charge < -0.3 is 19.5 Å². The molecule has 0 amide bonds. The van der Waals surface area contributed by atoms with Gasteiger partial charge in [-0.1, -0.05) is 36.4 Å². The number of ether oxygens (including phenoxy) is 2. The standard InChI is InChI=1S/C22H23NO3/c1-25-18-8-7-15-14-23(16-5-3-2-4-6-16)12-11-22-10-9-17(24)13-19(22)26-21(18)20(15)22/h2-10,17,19,24H,11-14H2,1H3/t17-,19?,22?/m0/s1. The third-order valence-corrected chi connectivity index (χ3v) is 6.08. The number of benzene rings is 2. The molecule has 3 aliphatic rings. The van der Waals surface area contributed by atoms with Crippen molar-refractivity contribution < 1.29 is 14.6 Å².